The van der Waals surface area contributed by atoms with Gasteiger partial charge in [0.2, 0.25) is 15.9 Å². The van der Waals surface area contributed by atoms with Crippen LogP contribution in [-0.4, -0.2) is 26.4 Å². The number of nitrogens with one attached hydrogen (secondary N) is 2. The number of carbonyl (C=O) groups is 1. The van der Waals surface area contributed by atoms with E-state index in [0.29, 0.717) is 24.1 Å². The largest absolute Gasteiger partial charge is 0.328 e. The molecule has 0 aliphatic heterocycles. The summed E-state index contributed by atoms with van der Waals surface area (Å²) in [6.45, 7) is 3.58. The maximum Gasteiger partial charge on any atom is 0.241 e. The highest BCUT2D eigenvalue weighted by Gasteiger charge is 2.29. The number of aryl methyl sites for hydroxylation is 1. The second-order valence-corrected chi connectivity index (χ2v) is 7.62. The Kier molecular flexibility index (Phi) is 7.01. The predicted octanol–water partition coefficient (Wildman–Crippen LogP) is 1.92. The number of carbonyl (C=O) groups excluding carboxylic acids is 1. The summed E-state index contributed by atoms with van der Waals surface area (Å²) in [7, 11) is -3.53. The molecule has 0 radical (unpaired) electrons. The van der Waals surface area contributed by atoms with E-state index in [9.17, 15) is 13.2 Å². The highest BCUT2D eigenvalue weighted by molar-refractivity contribution is 7.89. The summed E-state index contributed by atoms with van der Waals surface area (Å²) in [5.74, 6) is -0.167. The van der Waals surface area contributed by atoms with E-state index >= 15 is 0 Å². The lowest BCUT2D eigenvalue weighted by molar-refractivity contribution is -0.116. The van der Waals surface area contributed by atoms with E-state index in [-0.39, 0.29) is 35.3 Å². The normalized spacial score (nSPS) is 15.6. The summed E-state index contributed by atoms with van der Waals surface area (Å²) in [6, 6.07) is 4.91. The summed E-state index contributed by atoms with van der Waals surface area (Å²) in [5, 5.41) is 2.72. The molecule has 1 unspecified atom stereocenters. The van der Waals surface area contributed by atoms with E-state index < -0.39 is 10.0 Å². The second kappa shape index (κ2) is 8.10. The zero-order valence-corrected chi connectivity index (χ0v) is 15.0. The number of rotatable bonds is 7. The van der Waals surface area contributed by atoms with Gasteiger partial charge in [0.15, 0.2) is 0 Å². The molecular formula is C15H24ClN3O3S. The smallest absolute Gasteiger partial charge is 0.241 e. The monoisotopic (exact) mass is 361 g/mol. The zero-order chi connectivity index (χ0) is 16.3. The maximum atomic E-state index is 12.3. The molecule has 4 N–H and O–H groups in total. The van der Waals surface area contributed by atoms with Crippen molar-refractivity contribution in [2.75, 3.05) is 5.32 Å². The van der Waals surface area contributed by atoms with Crippen molar-refractivity contribution in [3.63, 3.8) is 0 Å². The molecule has 1 aromatic rings. The van der Waals surface area contributed by atoms with Crippen LogP contribution in [0.4, 0.5) is 5.69 Å². The minimum Gasteiger partial charge on any atom is -0.328 e. The van der Waals surface area contributed by atoms with Crippen molar-refractivity contribution < 1.29 is 13.2 Å². The molecule has 130 valence electrons. The summed E-state index contributed by atoms with van der Waals surface area (Å²) in [6.07, 6.45) is 2.66. The van der Waals surface area contributed by atoms with Gasteiger partial charge in [-0.25, -0.2) is 13.1 Å². The highest BCUT2D eigenvalue weighted by atomic mass is 35.5. The van der Waals surface area contributed by atoms with Crippen molar-refractivity contribution in [3.05, 3.63) is 23.8 Å². The number of amides is 1. The first-order chi connectivity index (χ1) is 10.3. The van der Waals surface area contributed by atoms with Crippen LogP contribution in [0.3, 0.4) is 0 Å². The molecule has 8 heteroatoms. The first kappa shape index (κ1) is 19.9. The Morgan fingerprint density at radius 1 is 1.39 bits per heavy atom. The maximum absolute atomic E-state index is 12.3. The first-order valence-corrected chi connectivity index (χ1v) is 8.94. The molecule has 1 aromatic carbocycles. The number of sulfonamides is 1. The van der Waals surface area contributed by atoms with E-state index in [1.54, 1.807) is 19.1 Å². The second-order valence-electron chi connectivity index (χ2n) is 5.94. The predicted molar refractivity (Wildman–Crippen MR) is 93.3 cm³/mol. The number of benzene rings is 1. The van der Waals surface area contributed by atoms with Gasteiger partial charge in [-0.2, -0.15) is 0 Å². The van der Waals surface area contributed by atoms with Crippen molar-refractivity contribution in [1.82, 2.24) is 4.72 Å². The molecule has 6 nitrogen and oxygen atoms in total. The molecule has 1 saturated carbocycles. The third-order valence-electron chi connectivity index (χ3n) is 3.49. The number of anilines is 1. The molecule has 1 atom stereocenters. The summed E-state index contributed by atoms with van der Waals surface area (Å²) < 4.78 is 27.3. The molecular weight excluding hydrogens is 338 g/mol. The van der Waals surface area contributed by atoms with Crippen molar-refractivity contribution in [1.29, 1.82) is 0 Å². The minimum atomic E-state index is -3.53. The third-order valence-corrected chi connectivity index (χ3v) is 5.15. The molecule has 0 bridgehead atoms. The van der Waals surface area contributed by atoms with Gasteiger partial charge in [0.05, 0.1) is 4.90 Å². The van der Waals surface area contributed by atoms with Gasteiger partial charge in [-0.3, -0.25) is 4.79 Å². The lowest BCUT2D eigenvalue weighted by Crippen LogP contribution is -2.26. The van der Waals surface area contributed by atoms with Gasteiger partial charge in [0.1, 0.15) is 0 Å². The molecule has 23 heavy (non-hydrogen) atoms. The zero-order valence-electron chi connectivity index (χ0n) is 13.3. The molecule has 0 heterocycles. The van der Waals surface area contributed by atoms with Crippen molar-refractivity contribution in [2.45, 2.75) is 56.5 Å². The topological polar surface area (TPSA) is 101 Å². The lowest BCUT2D eigenvalue weighted by Gasteiger charge is -2.12. The molecule has 1 amide bonds. The summed E-state index contributed by atoms with van der Waals surface area (Å²) in [5.41, 5.74) is 6.76. The number of hydrogen-bond donors (Lipinski definition) is 3. The Hall–Kier alpha value is -1.15. The van der Waals surface area contributed by atoms with Gasteiger partial charge in [0.25, 0.3) is 0 Å². The Balaban J connectivity index is 0.00000264. The summed E-state index contributed by atoms with van der Waals surface area (Å²) >= 11 is 0. The lowest BCUT2D eigenvalue weighted by atomic mass is 10.2. The Morgan fingerprint density at radius 3 is 2.61 bits per heavy atom. The number of halogens is 1. The van der Waals surface area contributed by atoms with Crippen LogP contribution in [0.15, 0.2) is 23.1 Å². The fourth-order valence-electron chi connectivity index (χ4n) is 2.03. The van der Waals surface area contributed by atoms with Crippen LogP contribution in [0.5, 0.6) is 0 Å². The van der Waals surface area contributed by atoms with E-state index in [2.05, 4.69) is 10.0 Å². The quantitative estimate of drug-likeness (QED) is 0.690. The van der Waals surface area contributed by atoms with Gasteiger partial charge in [-0.05, 0) is 50.8 Å². The molecule has 0 saturated heterocycles. The molecule has 1 aliphatic rings. The van der Waals surface area contributed by atoms with Gasteiger partial charge in [-0.15, -0.1) is 12.4 Å². The van der Waals surface area contributed by atoms with Crippen LogP contribution >= 0.6 is 12.4 Å². The Morgan fingerprint density at radius 2 is 2.04 bits per heavy atom. The Bertz CT molecular complexity index is 658. The van der Waals surface area contributed by atoms with Crippen molar-refractivity contribution >= 4 is 34.0 Å². The van der Waals surface area contributed by atoms with Crippen LogP contribution in [0.2, 0.25) is 0 Å². The standard InChI is InChI=1S/C15H23N3O3S.ClH/c1-10-3-5-13(17-15(19)8-4-11(2)16)9-14(10)22(20,21)18-12-6-7-12;/h3,5,9,11-12,18H,4,6-8,16H2,1-2H3,(H,17,19);1H. The van der Waals surface area contributed by atoms with E-state index in [1.165, 1.54) is 6.07 Å². The van der Waals surface area contributed by atoms with Gasteiger partial charge in [-0.1, -0.05) is 6.07 Å². The van der Waals surface area contributed by atoms with Crippen molar-refractivity contribution in [3.8, 4) is 0 Å². The van der Waals surface area contributed by atoms with Gasteiger partial charge in [0, 0.05) is 24.2 Å². The van der Waals surface area contributed by atoms with Crippen LogP contribution in [0, 0.1) is 6.92 Å². The summed E-state index contributed by atoms with van der Waals surface area (Å²) in [4.78, 5) is 12.0. The van der Waals surface area contributed by atoms with Crippen LogP contribution in [0.25, 0.3) is 0 Å². The van der Waals surface area contributed by atoms with E-state index in [4.69, 9.17) is 5.73 Å². The average molecular weight is 362 g/mol. The first-order valence-electron chi connectivity index (χ1n) is 7.46. The van der Waals surface area contributed by atoms with E-state index in [0.717, 1.165) is 12.8 Å². The molecule has 0 spiro atoms. The molecule has 1 aliphatic carbocycles. The Labute approximate surface area is 143 Å². The SMILES string of the molecule is Cc1ccc(NC(=O)CCC(C)N)cc1S(=O)(=O)NC1CC1.Cl. The highest BCUT2D eigenvalue weighted by Crippen LogP contribution is 2.25. The molecule has 0 aromatic heterocycles. The fraction of sp³-hybridized carbons (Fsp3) is 0.533. The molecule has 1 fully saturated rings. The van der Waals surface area contributed by atoms with Crippen molar-refractivity contribution in [2.24, 2.45) is 5.73 Å². The fourth-order valence-corrected chi connectivity index (χ4v) is 3.61. The minimum absolute atomic E-state index is 0. The third kappa shape index (κ3) is 6.10. The van der Waals surface area contributed by atoms with Crippen LogP contribution < -0.4 is 15.8 Å². The number of hydrogen-bond acceptors (Lipinski definition) is 4. The van der Waals surface area contributed by atoms with Crippen LogP contribution in [-0.2, 0) is 14.8 Å². The molecule has 2 rings (SSSR count). The number of nitrogens with two attached hydrogens (primary N) is 1. The van der Waals surface area contributed by atoms with E-state index in [1.807, 2.05) is 6.92 Å². The van der Waals surface area contributed by atoms with Gasteiger partial charge >= 0.3 is 0 Å². The average Bonchev–Trinajstić information content (AvgIpc) is 3.21. The van der Waals surface area contributed by atoms with Crippen LogP contribution in [0.1, 0.15) is 38.2 Å². The van der Waals surface area contributed by atoms with Gasteiger partial charge < -0.3 is 11.1 Å².